The van der Waals surface area contributed by atoms with Crippen LogP contribution in [-0.2, 0) is 11.2 Å². The number of rotatable bonds is 6. The van der Waals surface area contributed by atoms with Crippen molar-refractivity contribution in [2.24, 2.45) is 5.73 Å². The minimum Gasteiger partial charge on any atom is -0.330 e. The maximum absolute atomic E-state index is 11.4. The van der Waals surface area contributed by atoms with Crippen molar-refractivity contribution in [1.29, 1.82) is 0 Å². The van der Waals surface area contributed by atoms with Crippen molar-refractivity contribution in [2.75, 3.05) is 6.54 Å². The highest BCUT2D eigenvalue weighted by Gasteiger charge is 2.01. The summed E-state index contributed by atoms with van der Waals surface area (Å²) in [6, 6.07) is 8.34. The number of carbonyl (C=O) groups is 1. The highest BCUT2D eigenvalue weighted by atomic mass is 16.1. The molecule has 0 amide bonds. The van der Waals surface area contributed by atoms with Gasteiger partial charge in [-0.3, -0.25) is 4.79 Å². The number of benzene rings is 1. The minimum absolute atomic E-state index is 0.320. The summed E-state index contributed by atoms with van der Waals surface area (Å²) >= 11 is 0. The molecule has 2 heteroatoms. The molecule has 0 unspecified atom stereocenters. The van der Waals surface area contributed by atoms with Crippen LogP contribution in [0, 0.1) is 6.92 Å². The predicted octanol–water partition coefficient (Wildman–Crippen LogP) is 2.24. The Kier molecular flexibility index (Phi) is 5.05. The van der Waals surface area contributed by atoms with E-state index in [4.69, 9.17) is 5.73 Å². The van der Waals surface area contributed by atoms with Crippen LogP contribution in [0.3, 0.4) is 0 Å². The Morgan fingerprint density at radius 1 is 1.20 bits per heavy atom. The molecular formula is C13H19NO. The van der Waals surface area contributed by atoms with E-state index in [-0.39, 0.29) is 0 Å². The monoisotopic (exact) mass is 205 g/mol. The maximum atomic E-state index is 11.4. The van der Waals surface area contributed by atoms with Crippen LogP contribution in [-0.4, -0.2) is 12.3 Å². The molecule has 1 aromatic carbocycles. The molecule has 2 N–H and O–H groups in total. The van der Waals surface area contributed by atoms with E-state index < -0.39 is 0 Å². The molecule has 0 heterocycles. The van der Waals surface area contributed by atoms with Crippen LogP contribution in [0.2, 0.25) is 0 Å². The Labute approximate surface area is 91.5 Å². The average Bonchev–Trinajstić information content (AvgIpc) is 2.25. The molecule has 0 atom stereocenters. The number of aryl methyl sites for hydroxylation is 2. The zero-order valence-electron chi connectivity index (χ0n) is 9.33. The molecule has 1 rings (SSSR count). The summed E-state index contributed by atoms with van der Waals surface area (Å²) in [5, 5.41) is 0. The fourth-order valence-corrected chi connectivity index (χ4v) is 1.46. The second-order valence-corrected chi connectivity index (χ2v) is 3.92. The van der Waals surface area contributed by atoms with Gasteiger partial charge in [0.25, 0.3) is 0 Å². The molecule has 0 aromatic heterocycles. The van der Waals surface area contributed by atoms with Crippen LogP contribution >= 0.6 is 0 Å². The van der Waals surface area contributed by atoms with Crippen LogP contribution < -0.4 is 5.73 Å². The maximum Gasteiger partial charge on any atom is 0.133 e. The fraction of sp³-hybridized carbons (Fsp3) is 0.462. The van der Waals surface area contributed by atoms with E-state index in [1.165, 1.54) is 11.1 Å². The Bertz CT molecular complexity index is 303. The summed E-state index contributed by atoms with van der Waals surface area (Å²) in [5.74, 6) is 0.320. The smallest absolute Gasteiger partial charge is 0.133 e. The topological polar surface area (TPSA) is 43.1 Å². The standard InChI is InChI=1S/C13H19NO/c1-11-4-6-12(7-5-11)8-9-13(15)3-2-10-14/h4-7H,2-3,8-10,14H2,1H3. The molecule has 0 bridgehead atoms. The number of Topliss-reactive ketones (excluding diaryl/α,β-unsaturated/α-hetero) is 1. The van der Waals surface area contributed by atoms with Gasteiger partial charge in [-0.2, -0.15) is 0 Å². The summed E-state index contributed by atoms with van der Waals surface area (Å²) in [4.78, 5) is 11.4. The number of hydrogen-bond acceptors (Lipinski definition) is 2. The Morgan fingerprint density at radius 2 is 1.87 bits per heavy atom. The SMILES string of the molecule is Cc1ccc(CCC(=O)CCCN)cc1. The van der Waals surface area contributed by atoms with Gasteiger partial charge in [-0.25, -0.2) is 0 Å². The molecule has 0 spiro atoms. The third-order valence-electron chi connectivity index (χ3n) is 2.47. The summed E-state index contributed by atoms with van der Waals surface area (Å²) in [6.07, 6.45) is 2.93. The van der Waals surface area contributed by atoms with E-state index in [0.717, 1.165) is 12.8 Å². The summed E-state index contributed by atoms with van der Waals surface area (Å²) in [5.41, 5.74) is 7.84. The van der Waals surface area contributed by atoms with Gasteiger partial charge in [0.1, 0.15) is 5.78 Å². The van der Waals surface area contributed by atoms with Gasteiger partial charge in [-0.15, -0.1) is 0 Å². The molecule has 15 heavy (non-hydrogen) atoms. The molecule has 82 valence electrons. The van der Waals surface area contributed by atoms with Gasteiger partial charge in [0, 0.05) is 12.8 Å². The predicted molar refractivity (Wildman–Crippen MR) is 62.8 cm³/mol. The highest BCUT2D eigenvalue weighted by Crippen LogP contribution is 2.07. The van der Waals surface area contributed by atoms with Gasteiger partial charge >= 0.3 is 0 Å². The molecule has 1 aromatic rings. The van der Waals surface area contributed by atoms with E-state index in [1.54, 1.807) is 0 Å². The van der Waals surface area contributed by atoms with E-state index in [2.05, 4.69) is 31.2 Å². The normalized spacial score (nSPS) is 10.3. The third-order valence-corrected chi connectivity index (χ3v) is 2.47. The summed E-state index contributed by atoms with van der Waals surface area (Å²) < 4.78 is 0. The largest absolute Gasteiger partial charge is 0.330 e. The second-order valence-electron chi connectivity index (χ2n) is 3.92. The zero-order chi connectivity index (χ0) is 11.1. The molecular weight excluding hydrogens is 186 g/mol. The Hall–Kier alpha value is -1.15. The van der Waals surface area contributed by atoms with Gasteiger partial charge in [0.05, 0.1) is 0 Å². The molecule has 0 aliphatic heterocycles. The lowest BCUT2D eigenvalue weighted by atomic mass is 10.0. The van der Waals surface area contributed by atoms with Crippen molar-refractivity contribution in [1.82, 2.24) is 0 Å². The first-order valence-electron chi connectivity index (χ1n) is 5.49. The number of hydrogen-bond donors (Lipinski definition) is 1. The number of ketones is 1. The first-order valence-corrected chi connectivity index (χ1v) is 5.49. The molecule has 0 aliphatic rings. The van der Waals surface area contributed by atoms with E-state index >= 15 is 0 Å². The van der Waals surface area contributed by atoms with Crippen molar-refractivity contribution in [3.05, 3.63) is 35.4 Å². The highest BCUT2D eigenvalue weighted by molar-refractivity contribution is 5.78. The van der Waals surface area contributed by atoms with Gasteiger partial charge in [-0.1, -0.05) is 29.8 Å². The van der Waals surface area contributed by atoms with Gasteiger partial charge < -0.3 is 5.73 Å². The molecule has 2 nitrogen and oxygen atoms in total. The molecule has 0 radical (unpaired) electrons. The van der Waals surface area contributed by atoms with Crippen LogP contribution in [0.15, 0.2) is 24.3 Å². The molecule has 0 saturated heterocycles. The number of nitrogens with two attached hydrogens (primary N) is 1. The van der Waals surface area contributed by atoms with Crippen LogP contribution in [0.5, 0.6) is 0 Å². The van der Waals surface area contributed by atoms with Crippen LogP contribution in [0.25, 0.3) is 0 Å². The average molecular weight is 205 g/mol. The van der Waals surface area contributed by atoms with E-state index in [1.807, 2.05) is 0 Å². The molecule has 0 aliphatic carbocycles. The van der Waals surface area contributed by atoms with E-state index in [9.17, 15) is 4.79 Å². The molecule has 0 saturated carbocycles. The van der Waals surface area contributed by atoms with Crippen molar-refractivity contribution in [3.8, 4) is 0 Å². The Balaban J connectivity index is 2.30. The first-order chi connectivity index (χ1) is 7.22. The van der Waals surface area contributed by atoms with Crippen molar-refractivity contribution >= 4 is 5.78 Å². The zero-order valence-corrected chi connectivity index (χ0v) is 9.33. The van der Waals surface area contributed by atoms with Gasteiger partial charge in [0.15, 0.2) is 0 Å². The van der Waals surface area contributed by atoms with Crippen molar-refractivity contribution in [2.45, 2.75) is 32.6 Å². The summed E-state index contributed by atoms with van der Waals surface area (Å²) in [6.45, 7) is 2.67. The van der Waals surface area contributed by atoms with Gasteiger partial charge in [0.2, 0.25) is 0 Å². The summed E-state index contributed by atoms with van der Waals surface area (Å²) in [7, 11) is 0. The minimum atomic E-state index is 0.320. The van der Waals surface area contributed by atoms with Crippen molar-refractivity contribution in [3.63, 3.8) is 0 Å². The first kappa shape index (κ1) is 11.9. The van der Waals surface area contributed by atoms with Crippen LogP contribution in [0.4, 0.5) is 0 Å². The second kappa shape index (κ2) is 6.36. The lowest BCUT2D eigenvalue weighted by Crippen LogP contribution is -2.05. The number of carbonyl (C=O) groups excluding carboxylic acids is 1. The lowest BCUT2D eigenvalue weighted by Gasteiger charge is -2.01. The van der Waals surface area contributed by atoms with Crippen molar-refractivity contribution < 1.29 is 4.79 Å². The van der Waals surface area contributed by atoms with E-state index in [0.29, 0.717) is 25.2 Å². The lowest BCUT2D eigenvalue weighted by molar-refractivity contribution is -0.119. The van der Waals surface area contributed by atoms with Crippen LogP contribution in [0.1, 0.15) is 30.4 Å². The fourth-order valence-electron chi connectivity index (χ4n) is 1.46. The van der Waals surface area contributed by atoms with Gasteiger partial charge in [-0.05, 0) is 31.9 Å². The molecule has 0 fully saturated rings. The quantitative estimate of drug-likeness (QED) is 0.774. The third kappa shape index (κ3) is 4.75. The Morgan fingerprint density at radius 3 is 2.47 bits per heavy atom.